The van der Waals surface area contributed by atoms with Crippen molar-refractivity contribution in [3.05, 3.63) is 16.7 Å². The van der Waals surface area contributed by atoms with Crippen LogP contribution in [0.4, 0.5) is 5.82 Å². The van der Waals surface area contributed by atoms with Crippen LogP contribution in [-0.2, 0) is 14.8 Å². The number of hydrogen-bond donors (Lipinski definition) is 1. The fraction of sp³-hybridized carbons (Fsp3) is 0.583. The zero-order valence-corrected chi connectivity index (χ0v) is 13.9. The SMILES string of the molecule is CCC1COCCN1S(=O)(=O)c1cc(Br)cnc1NC. The summed E-state index contributed by atoms with van der Waals surface area (Å²) in [7, 11) is -1.93. The van der Waals surface area contributed by atoms with Crippen molar-refractivity contribution >= 4 is 31.8 Å². The van der Waals surface area contributed by atoms with E-state index in [2.05, 4.69) is 26.2 Å². The highest BCUT2D eigenvalue weighted by molar-refractivity contribution is 9.10. The van der Waals surface area contributed by atoms with Crippen molar-refractivity contribution in [1.29, 1.82) is 0 Å². The fourth-order valence-electron chi connectivity index (χ4n) is 2.21. The van der Waals surface area contributed by atoms with Gasteiger partial charge in [0.25, 0.3) is 0 Å². The highest BCUT2D eigenvalue weighted by atomic mass is 79.9. The molecule has 0 radical (unpaired) electrons. The second kappa shape index (κ2) is 6.38. The number of hydrogen-bond acceptors (Lipinski definition) is 5. The van der Waals surface area contributed by atoms with Crippen LogP contribution in [-0.4, -0.2) is 50.6 Å². The quantitative estimate of drug-likeness (QED) is 0.880. The highest BCUT2D eigenvalue weighted by Gasteiger charge is 2.34. The number of nitrogens with one attached hydrogen (secondary N) is 1. The van der Waals surface area contributed by atoms with Crippen LogP contribution >= 0.6 is 15.9 Å². The number of nitrogens with zero attached hydrogens (tertiary/aromatic N) is 2. The maximum atomic E-state index is 12.9. The number of ether oxygens (including phenoxy) is 1. The number of sulfonamides is 1. The molecule has 1 fully saturated rings. The molecule has 0 bridgehead atoms. The summed E-state index contributed by atoms with van der Waals surface area (Å²) in [6, 6.07) is 1.45. The smallest absolute Gasteiger partial charge is 0.247 e. The Kier molecular flexibility index (Phi) is 5.00. The molecular weight excluding hydrogens is 346 g/mol. The zero-order chi connectivity index (χ0) is 14.8. The molecule has 1 unspecified atom stereocenters. The van der Waals surface area contributed by atoms with Crippen LogP contribution in [0.5, 0.6) is 0 Å². The molecule has 1 aliphatic rings. The summed E-state index contributed by atoms with van der Waals surface area (Å²) >= 11 is 3.28. The molecule has 6 nitrogen and oxygen atoms in total. The maximum Gasteiger partial charge on any atom is 0.247 e. The average Bonchev–Trinajstić information content (AvgIpc) is 2.47. The van der Waals surface area contributed by atoms with Gasteiger partial charge in [0, 0.05) is 30.3 Å². The van der Waals surface area contributed by atoms with Gasteiger partial charge >= 0.3 is 0 Å². The van der Waals surface area contributed by atoms with E-state index in [1.807, 2.05) is 6.92 Å². The summed E-state index contributed by atoms with van der Waals surface area (Å²) < 4.78 is 33.2. The van der Waals surface area contributed by atoms with E-state index >= 15 is 0 Å². The van der Waals surface area contributed by atoms with Crippen molar-refractivity contribution in [2.75, 3.05) is 32.1 Å². The van der Waals surface area contributed by atoms with E-state index in [1.165, 1.54) is 4.31 Å². The van der Waals surface area contributed by atoms with Crippen molar-refractivity contribution < 1.29 is 13.2 Å². The van der Waals surface area contributed by atoms with Gasteiger partial charge < -0.3 is 10.1 Å². The number of rotatable bonds is 4. The summed E-state index contributed by atoms with van der Waals surface area (Å²) in [5.41, 5.74) is 0. The standard InChI is InChI=1S/C12H18BrN3O3S/c1-3-10-8-19-5-4-16(10)20(17,18)11-6-9(13)7-15-12(11)14-2/h6-7,10H,3-5,8H2,1-2H3,(H,14,15). The van der Waals surface area contributed by atoms with E-state index in [4.69, 9.17) is 4.74 Å². The van der Waals surface area contributed by atoms with Gasteiger partial charge in [-0.05, 0) is 28.4 Å². The minimum absolute atomic E-state index is 0.127. The monoisotopic (exact) mass is 363 g/mol. The molecule has 0 saturated carbocycles. The van der Waals surface area contributed by atoms with Gasteiger partial charge in [0.05, 0.1) is 13.2 Å². The van der Waals surface area contributed by atoms with Crippen molar-refractivity contribution in [2.24, 2.45) is 0 Å². The third-order valence-corrected chi connectivity index (χ3v) is 5.69. The summed E-state index contributed by atoms with van der Waals surface area (Å²) in [6.45, 7) is 3.19. The first-order valence-corrected chi connectivity index (χ1v) is 8.67. The molecule has 1 aliphatic heterocycles. The topological polar surface area (TPSA) is 71.5 Å². The van der Waals surface area contributed by atoms with E-state index in [9.17, 15) is 8.42 Å². The Bertz CT molecular complexity index is 579. The molecule has 20 heavy (non-hydrogen) atoms. The molecule has 1 atom stereocenters. The number of morpholine rings is 1. The summed E-state index contributed by atoms with van der Waals surface area (Å²) in [5, 5.41) is 2.83. The third kappa shape index (κ3) is 2.98. The normalized spacial score (nSPS) is 20.9. The lowest BCUT2D eigenvalue weighted by atomic mass is 10.2. The number of pyridine rings is 1. The second-order valence-electron chi connectivity index (χ2n) is 4.50. The minimum atomic E-state index is -3.59. The zero-order valence-electron chi connectivity index (χ0n) is 11.5. The van der Waals surface area contributed by atoms with Gasteiger partial charge in [-0.3, -0.25) is 0 Å². The number of anilines is 1. The molecule has 8 heteroatoms. The first-order valence-electron chi connectivity index (χ1n) is 6.43. The molecule has 1 aromatic rings. The predicted molar refractivity (Wildman–Crippen MR) is 80.3 cm³/mol. The summed E-state index contributed by atoms with van der Waals surface area (Å²) in [4.78, 5) is 4.30. The van der Waals surface area contributed by atoms with E-state index in [-0.39, 0.29) is 10.9 Å². The Hall–Kier alpha value is -0.700. The third-order valence-electron chi connectivity index (χ3n) is 3.29. The predicted octanol–water partition coefficient (Wildman–Crippen LogP) is 1.69. The molecule has 1 saturated heterocycles. The maximum absolute atomic E-state index is 12.9. The van der Waals surface area contributed by atoms with Crippen LogP contribution < -0.4 is 5.32 Å². The minimum Gasteiger partial charge on any atom is -0.378 e. The van der Waals surface area contributed by atoms with Crippen LogP contribution in [0.1, 0.15) is 13.3 Å². The molecule has 0 spiro atoms. The summed E-state index contributed by atoms with van der Waals surface area (Å²) in [5.74, 6) is 0.356. The Labute approximate surface area is 127 Å². The number of aromatic nitrogens is 1. The van der Waals surface area contributed by atoms with Gasteiger partial charge in [-0.2, -0.15) is 4.31 Å². The van der Waals surface area contributed by atoms with Crippen molar-refractivity contribution in [3.63, 3.8) is 0 Å². The Balaban J connectivity index is 2.46. The van der Waals surface area contributed by atoms with E-state index in [1.54, 1.807) is 19.3 Å². The lowest BCUT2D eigenvalue weighted by Gasteiger charge is -2.34. The van der Waals surface area contributed by atoms with Crippen molar-refractivity contribution in [3.8, 4) is 0 Å². The van der Waals surface area contributed by atoms with Gasteiger partial charge in [0.15, 0.2) is 0 Å². The van der Waals surface area contributed by atoms with Crippen LogP contribution in [0, 0.1) is 0 Å². The first kappa shape index (κ1) is 15.7. The number of halogens is 1. The van der Waals surface area contributed by atoms with Crippen molar-refractivity contribution in [2.45, 2.75) is 24.3 Å². The van der Waals surface area contributed by atoms with Gasteiger partial charge in [0.2, 0.25) is 10.0 Å². The van der Waals surface area contributed by atoms with Crippen LogP contribution in [0.15, 0.2) is 21.6 Å². The Morgan fingerprint density at radius 2 is 2.35 bits per heavy atom. The van der Waals surface area contributed by atoms with E-state index in [0.29, 0.717) is 30.0 Å². The molecule has 0 amide bonds. The highest BCUT2D eigenvalue weighted by Crippen LogP contribution is 2.28. The van der Waals surface area contributed by atoms with Crippen LogP contribution in [0.3, 0.4) is 0 Å². The van der Waals surface area contributed by atoms with E-state index < -0.39 is 10.0 Å². The lowest BCUT2D eigenvalue weighted by Crippen LogP contribution is -2.48. The fourth-order valence-corrected chi connectivity index (χ4v) is 4.54. The van der Waals surface area contributed by atoms with Gasteiger partial charge in [0.1, 0.15) is 10.7 Å². The average molecular weight is 364 g/mol. The van der Waals surface area contributed by atoms with Crippen LogP contribution in [0.2, 0.25) is 0 Å². The molecule has 1 N–H and O–H groups in total. The molecule has 1 aromatic heterocycles. The van der Waals surface area contributed by atoms with Gasteiger partial charge in [-0.25, -0.2) is 13.4 Å². The molecule has 112 valence electrons. The largest absolute Gasteiger partial charge is 0.378 e. The molecule has 0 aliphatic carbocycles. The Morgan fingerprint density at radius 1 is 1.60 bits per heavy atom. The Morgan fingerprint density at radius 3 is 3.00 bits per heavy atom. The van der Waals surface area contributed by atoms with Gasteiger partial charge in [-0.1, -0.05) is 6.92 Å². The lowest BCUT2D eigenvalue weighted by molar-refractivity contribution is 0.0314. The summed E-state index contributed by atoms with van der Waals surface area (Å²) in [6.07, 6.45) is 2.29. The van der Waals surface area contributed by atoms with Gasteiger partial charge in [-0.15, -0.1) is 0 Å². The van der Waals surface area contributed by atoms with Crippen LogP contribution in [0.25, 0.3) is 0 Å². The first-order chi connectivity index (χ1) is 9.50. The van der Waals surface area contributed by atoms with E-state index in [0.717, 1.165) is 6.42 Å². The molecule has 0 aromatic carbocycles. The van der Waals surface area contributed by atoms with Crippen molar-refractivity contribution in [1.82, 2.24) is 9.29 Å². The molecular formula is C12H18BrN3O3S. The second-order valence-corrected chi connectivity index (χ2v) is 7.28. The molecule has 2 heterocycles. The molecule has 2 rings (SSSR count).